The summed E-state index contributed by atoms with van der Waals surface area (Å²) in [6, 6.07) is 0.725. The van der Waals surface area contributed by atoms with Crippen LogP contribution in [0.5, 0.6) is 0 Å². The highest BCUT2D eigenvalue weighted by Crippen LogP contribution is 2.06. The maximum atomic E-state index is 3.46. The summed E-state index contributed by atoms with van der Waals surface area (Å²) in [5.41, 5.74) is 0. The van der Waals surface area contributed by atoms with Crippen LogP contribution in [0, 0.1) is 0 Å². The number of halogens is 1. The van der Waals surface area contributed by atoms with Gasteiger partial charge in [0.25, 0.3) is 0 Å². The van der Waals surface area contributed by atoms with Crippen LogP contribution in [0.1, 0.15) is 6.92 Å². The molecule has 0 amide bonds. The fraction of sp³-hybridized carbons (Fsp3) is 1.00. The van der Waals surface area contributed by atoms with Gasteiger partial charge in [0, 0.05) is 37.6 Å². The Kier molecular flexibility index (Phi) is 3.82. The zero-order chi connectivity index (χ0) is 8.27. The van der Waals surface area contributed by atoms with Gasteiger partial charge in [-0.3, -0.25) is 4.90 Å². The van der Waals surface area contributed by atoms with Gasteiger partial charge in [-0.05, 0) is 14.0 Å². The lowest BCUT2D eigenvalue weighted by molar-refractivity contribution is 0.111. The number of likely N-dealkylation sites (N-methyl/N-ethyl adjacent to an activating group) is 1. The van der Waals surface area contributed by atoms with Crippen LogP contribution in [0.4, 0.5) is 0 Å². The molecule has 0 bridgehead atoms. The maximum Gasteiger partial charge on any atom is 0.0192 e. The summed E-state index contributed by atoms with van der Waals surface area (Å²) in [6.07, 6.45) is 0. The van der Waals surface area contributed by atoms with Gasteiger partial charge in [0.1, 0.15) is 0 Å². The molecule has 2 nitrogen and oxygen atoms in total. The van der Waals surface area contributed by atoms with Gasteiger partial charge in [-0.25, -0.2) is 0 Å². The Bertz CT molecular complexity index is 119. The molecule has 0 N–H and O–H groups in total. The van der Waals surface area contributed by atoms with Crippen LogP contribution in [0.25, 0.3) is 0 Å². The van der Waals surface area contributed by atoms with E-state index in [1.165, 1.54) is 26.2 Å². The summed E-state index contributed by atoms with van der Waals surface area (Å²) < 4.78 is 0. The van der Waals surface area contributed by atoms with Crippen molar-refractivity contribution in [2.45, 2.75) is 13.0 Å². The van der Waals surface area contributed by atoms with Crippen LogP contribution >= 0.6 is 15.9 Å². The van der Waals surface area contributed by atoms with Gasteiger partial charge in [-0.1, -0.05) is 15.9 Å². The Balaban J connectivity index is 2.28. The average Bonchev–Trinajstić information content (AvgIpc) is 1.98. The summed E-state index contributed by atoms with van der Waals surface area (Å²) in [7, 11) is 2.20. The molecule has 0 aromatic rings. The van der Waals surface area contributed by atoms with E-state index in [4.69, 9.17) is 0 Å². The third-order valence-corrected chi connectivity index (χ3v) is 2.80. The first-order valence-corrected chi connectivity index (χ1v) is 5.34. The highest BCUT2D eigenvalue weighted by Gasteiger charge is 2.19. The number of alkyl halides is 1. The third kappa shape index (κ3) is 2.73. The van der Waals surface area contributed by atoms with Crippen LogP contribution in [0.15, 0.2) is 0 Å². The van der Waals surface area contributed by atoms with Crippen molar-refractivity contribution in [3.8, 4) is 0 Å². The molecule has 1 aliphatic rings. The molecule has 1 rings (SSSR count). The molecule has 11 heavy (non-hydrogen) atoms. The topological polar surface area (TPSA) is 6.48 Å². The normalized spacial score (nSPS) is 29.2. The number of piperazine rings is 1. The van der Waals surface area contributed by atoms with Crippen LogP contribution in [0.3, 0.4) is 0 Å². The largest absolute Gasteiger partial charge is 0.301 e. The van der Waals surface area contributed by atoms with E-state index in [0.29, 0.717) is 0 Å². The van der Waals surface area contributed by atoms with Crippen molar-refractivity contribution in [3.05, 3.63) is 0 Å². The van der Waals surface area contributed by atoms with Crippen LogP contribution in [0.2, 0.25) is 0 Å². The van der Waals surface area contributed by atoms with Gasteiger partial charge in [-0.2, -0.15) is 0 Å². The van der Waals surface area contributed by atoms with Gasteiger partial charge < -0.3 is 4.90 Å². The average molecular weight is 221 g/mol. The van der Waals surface area contributed by atoms with Crippen molar-refractivity contribution in [2.75, 3.05) is 38.6 Å². The predicted molar refractivity (Wildman–Crippen MR) is 52.3 cm³/mol. The molecule has 0 aromatic heterocycles. The standard InChI is InChI=1S/C8H17BrN2/c1-8-7-11(4-3-9)6-5-10(8)2/h8H,3-7H2,1-2H3. The van der Waals surface area contributed by atoms with Crippen LogP contribution in [-0.2, 0) is 0 Å². The predicted octanol–water partition coefficient (Wildman–Crippen LogP) is 1.02. The second-order valence-corrected chi connectivity index (χ2v) is 4.11. The highest BCUT2D eigenvalue weighted by molar-refractivity contribution is 9.09. The Morgan fingerprint density at radius 1 is 1.45 bits per heavy atom. The molecule has 0 aromatic carbocycles. The van der Waals surface area contributed by atoms with E-state index >= 15 is 0 Å². The summed E-state index contributed by atoms with van der Waals surface area (Å²) in [5, 5.41) is 1.10. The molecular weight excluding hydrogens is 204 g/mol. The molecule has 66 valence electrons. The lowest BCUT2D eigenvalue weighted by atomic mass is 10.2. The van der Waals surface area contributed by atoms with Crippen molar-refractivity contribution in [2.24, 2.45) is 0 Å². The zero-order valence-electron chi connectivity index (χ0n) is 7.39. The molecule has 1 aliphatic heterocycles. The van der Waals surface area contributed by atoms with E-state index in [1.807, 2.05) is 0 Å². The van der Waals surface area contributed by atoms with Crippen LogP contribution in [-0.4, -0.2) is 54.4 Å². The van der Waals surface area contributed by atoms with Crippen molar-refractivity contribution >= 4 is 15.9 Å². The number of hydrogen-bond acceptors (Lipinski definition) is 2. The number of hydrogen-bond donors (Lipinski definition) is 0. The monoisotopic (exact) mass is 220 g/mol. The molecule has 0 radical (unpaired) electrons. The molecule has 1 fully saturated rings. The van der Waals surface area contributed by atoms with E-state index in [-0.39, 0.29) is 0 Å². The first-order valence-electron chi connectivity index (χ1n) is 4.22. The smallest absolute Gasteiger partial charge is 0.0192 e. The van der Waals surface area contributed by atoms with E-state index in [9.17, 15) is 0 Å². The van der Waals surface area contributed by atoms with Gasteiger partial charge in [0.05, 0.1) is 0 Å². The second-order valence-electron chi connectivity index (χ2n) is 3.32. The minimum Gasteiger partial charge on any atom is -0.301 e. The van der Waals surface area contributed by atoms with Crippen molar-refractivity contribution in [1.29, 1.82) is 0 Å². The molecule has 1 unspecified atom stereocenters. The lowest BCUT2D eigenvalue weighted by Gasteiger charge is -2.37. The maximum absolute atomic E-state index is 3.46. The molecule has 3 heteroatoms. The van der Waals surface area contributed by atoms with Gasteiger partial charge >= 0.3 is 0 Å². The zero-order valence-corrected chi connectivity index (χ0v) is 8.97. The summed E-state index contributed by atoms with van der Waals surface area (Å²) in [6.45, 7) is 7.15. The minimum atomic E-state index is 0.725. The second kappa shape index (κ2) is 4.43. The Hall–Kier alpha value is 0.400. The van der Waals surface area contributed by atoms with Crippen molar-refractivity contribution < 1.29 is 0 Å². The van der Waals surface area contributed by atoms with Crippen molar-refractivity contribution in [1.82, 2.24) is 9.80 Å². The minimum absolute atomic E-state index is 0.725. The Labute approximate surface area is 77.7 Å². The third-order valence-electron chi connectivity index (χ3n) is 2.44. The number of nitrogens with zero attached hydrogens (tertiary/aromatic N) is 2. The van der Waals surface area contributed by atoms with E-state index < -0.39 is 0 Å². The van der Waals surface area contributed by atoms with Gasteiger partial charge in [0.2, 0.25) is 0 Å². The molecule has 0 saturated carbocycles. The first-order chi connectivity index (χ1) is 5.24. The highest BCUT2D eigenvalue weighted by atomic mass is 79.9. The van der Waals surface area contributed by atoms with Gasteiger partial charge in [0.15, 0.2) is 0 Å². The number of rotatable bonds is 2. The summed E-state index contributed by atoms with van der Waals surface area (Å²) in [4.78, 5) is 4.93. The van der Waals surface area contributed by atoms with Crippen molar-refractivity contribution in [3.63, 3.8) is 0 Å². The van der Waals surface area contributed by atoms with E-state index in [1.54, 1.807) is 0 Å². The lowest BCUT2D eigenvalue weighted by Crippen LogP contribution is -2.50. The van der Waals surface area contributed by atoms with Gasteiger partial charge in [-0.15, -0.1) is 0 Å². The van der Waals surface area contributed by atoms with E-state index in [2.05, 4.69) is 39.7 Å². The molecule has 1 atom stereocenters. The Morgan fingerprint density at radius 3 is 2.73 bits per heavy atom. The molecule has 1 heterocycles. The quantitative estimate of drug-likeness (QED) is 0.642. The SMILES string of the molecule is CC1CN(CCBr)CCN1C. The summed E-state index contributed by atoms with van der Waals surface area (Å²) in [5.74, 6) is 0. The first kappa shape index (κ1) is 9.49. The molecule has 0 spiro atoms. The molecular formula is C8H17BrN2. The van der Waals surface area contributed by atoms with E-state index in [0.717, 1.165) is 11.4 Å². The summed E-state index contributed by atoms with van der Waals surface area (Å²) >= 11 is 3.46. The fourth-order valence-corrected chi connectivity index (χ4v) is 1.95. The fourth-order valence-electron chi connectivity index (χ4n) is 1.45. The molecule has 0 aliphatic carbocycles. The van der Waals surface area contributed by atoms with Crippen LogP contribution < -0.4 is 0 Å². The Morgan fingerprint density at radius 2 is 2.18 bits per heavy atom. The molecule has 1 saturated heterocycles.